The molecule has 0 atom stereocenters. The highest BCUT2D eigenvalue weighted by Crippen LogP contribution is 2.37. The average molecular weight is 1160 g/mol. The number of fused-ring (bicyclic) bond motifs is 3. The molecule has 0 aliphatic carbocycles. The fourth-order valence-corrected chi connectivity index (χ4v) is 8.37. The van der Waals surface area contributed by atoms with Crippen LogP contribution in [0.2, 0.25) is 0 Å². The molecule has 7 aromatic heterocycles. The molecule has 0 N–H and O–H groups in total. The zero-order valence-electron chi connectivity index (χ0n) is 45.9. The summed E-state index contributed by atoms with van der Waals surface area (Å²) >= 11 is 0. The Bertz CT molecular complexity index is 3770. The van der Waals surface area contributed by atoms with Crippen LogP contribution in [0.5, 0.6) is 46.4 Å². The number of methoxy groups -OCH3 is 8. The van der Waals surface area contributed by atoms with Gasteiger partial charge < -0.3 is 47.5 Å². The van der Waals surface area contributed by atoms with Crippen molar-refractivity contribution in [2.24, 2.45) is 0 Å². The molecule has 0 saturated carbocycles. The Morgan fingerprint density at radius 3 is 1.39 bits per heavy atom. The number of imidazole rings is 1. The minimum Gasteiger partial charge on any atom is -0.497 e. The standard InChI is InChI=1S/C16H13N3O.C15H19N3O4.C15H12N2O.C14H14N4O3.4CH4/c1-20-12-10-15(13-6-2-4-8-17-13)19-16(11-12)14-7-3-5-9-18-14;1-19-12-8-10-11(9-13(12)20-2)16-15(17-14(10)21-3)18-4-6-22-7-5-18;1-18-15-12-9-5-6-10-13(12)16-14(17-15)11-7-3-2-4-8-11;1-19-11-6-9-10(7-12(11)20-2)16-14(17-13(9)21-3)18-5-4-15-8-18;;;;/h2-11H,1H3;8-9H,4-7H2,1-3H3;2-10H,1H3;4-8H,1-3H3;4*1H4. The third kappa shape index (κ3) is 15.6. The van der Waals surface area contributed by atoms with Crippen molar-refractivity contribution in [1.82, 2.24) is 54.4 Å². The van der Waals surface area contributed by atoms with Crippen LogP contribution >= 0.6 is 0 Å². The Hall–Kier alpha value is -10.3. The summed E-state index contributed by atoms with van der Waals surface area (Å²) in [5.74, 6) is 6.58. The Labute approximate surface area is 496 Å². The normalized spacial score (nSPS) is 11.1. The summed E-state index contributed by atoms with van der Waals surface area (Å²) in [6, 6.07) is 40.2. The van der Waals surface area contributed by atoms with Gasteiger partial charge in [-0.25, -0.2) is 24.9 Å². The molecular formula is C64H74N12O9. The molecule has 85 heavy (non-hydrogen) atoms. The van der Waals surface area contributed by atoms with Crippen molar-refractivity contribution in [2.75, 3.05) is 88.1 Å². The van der Waals surface area contributed by atoms with Crippen molar-refractivity contribution in [3.05, 3.63) is 159 Å². The topological polar surface area (TPSA) is 220 Å². The van der Waals surface area contributed by atoms with Gasteiger partial charge in [0.25, 0.3) is 0 Å². The number of hydrogen-bond acceptors (Lipinski definition) is 20. The van der Waals surface area contributed by atoms with Gasteiger partial charge in [-0.15, -0.1) is 0 Å². The van der Waals surface area contributed by atoms with Crippen molar-refractivity contribution in [1.29, 1.82) is 0 Å². The summed E-state index contributed by atoms with van der Waals surface area (Å²) in [4.78, 5) is 46.4. The molecule has 11 aromatic rings. The second-order valence-corrected chi connectivity index (χ2v) is 17.2. The van der Waals surface area contributed by atoms with Crippen LogP contribution in [0.1, 0.15) is 29.7 Å². The minimum absolute atomic E-state index is 0. The molecule has 0 amide bonds. The number of morpholine rings is 1. The van der Waals surface area contributed by atoms with E-state index in [9.17, 15) is 0 Å². The number of nitrogens with zero attached hydrogens (tertiary/aromatic N) is 12. The first-order valence-corrected chi connectivity index (χ1v) is 25.3. The van der Waals surface area contributed by atoms with Gasteiger partial charge in [-0.05, 0) is 48.5 Å². The Kier molecular flexibility index (Phi) is 24.5. The van der Waals surface area contributed by atoms with E-state index in [2.05, 4.69) is 54.7 Å². The van der Waals surface area contributed by atoms with Crippen molar-refractivity contribution in [2.45, 2.75) is 29.7 Å². The van der Waals surface area contributed by atoms with Crippen LogP contribution in [-0.4, -0.2) is 138 Å². The highest BCUT2D eigenvalue weighted by Gasteiger charge is 2.20. The molecule has 1 aliphatic heterocycles. The van der Waals surface area contributed by atoms with E-state index in [0.29, 0.717) is 77.1 Å². The number of hydrogen-bond donors (Lipinski definition) is 0. The molecular weight excluding hydrogens is 1080 g/mol. The fraction of sp³-hybridized carbons (Fsp3) is 0.250. The average Bonchev–Trinajstić information content (AvgIpc) is 4.06. The SMILES string of the molecule is C.C.C.C.COc1cc(-c2ccccn2)nc(-c2ccccn2)c1.COc1cc2nc(-n3ccnc3)nc(OC)c2cc1OC.COc1cc2nc(N3CCOCC3)nc(OC)c2cc1OC.COc1nc(-c2ccccc2)nc2ccccc12. The monoisotopic (exact) mass is 1150 g/mol. The maximum atomic E-state index is 5.43. The molecule has 8 heterocycles. The lowest BCUT2D eigenvalue weighted by Gasteiger charge is -2.27. The number of ether oxygens (including phenoxy) is 9. The molecule has 12 rings (SSSR count). The molecule has 4 aromatic carbocycles. The van der Waals surface area contributed by atoms with Crippen LogP contribution in [-0.2, 0) is 4.74 Å². The van der Waals surface area contributed by atoms with Crippen LogP contribution in [0.15, 0.2) is 159 Å². The molecule has 0 bridgehead atoms. The van der Waals surface area contributed by atoms with Crippen LogP contribution in [0.25, 0.3) is 72.8 Å². The minimum atomic E-state index is 0. The Balaban J connectivity index is 0.000000204. The Morgan fingerprint density at radius 2 is 0.894 bits per heavy atom. The number of benzene rings is 4. The van der Waals surface area contributed by atoms with Gasteiger partial charge in [0, 0.05) is 67.7 Å². The van der Waals surface area contributed by atoms with Gasteiger partial charge in [-0.2, -0.15) is 15.0 Å². The predicted octanol–water partition coefficient (Wildman–Crippen LogP) is 12.4. The van der Waals surface area contributed by atoms with E-state index in [4.69, 9.17) is 42.6 Å². The third-order valence-corrected chi connectivity index (χ3v) is 12.4. The molecule has 0 radical (unpaired) electrons. The van der Waals surface area contributed by atoms with Crippen molar-refractivity contribution < 1.29 is 42.6 Å². The van der Waals surface area contributed by atoms with E-state index in [1.165, 1.54) is 0 Å². The largest absolute Gasteiger partial charge is 0.497 e. The van der Waals surface area contributed by atoms with Gasteiger partial charge in [0.05, 0.1) is 126 Å². The van der Waals surface area contributed by atoms with Crippen LogP contribution in [0.3, 0.4) is 0 Å². The van der Waals surface area contributed by atoms with Gasteiger partial charge in [-0.3, -0.25) is 14.5 Å². The van der Waals surface area contributed by atoms with E-state index in [1.807, 2.05) is 115 Å². The smallest absolute Gasteiger partial charge is 0.238 e. The highest BCUT2D eigenvalue weighted by molar-refractivity contribution is 5.89. The summed E-state index contributed by atoms with van der Waals surface area (Å²) in [7, 11) is 12.8. The van der Waals surface area contributed by atoms with Crippen molar-refractivity contribution >= 4 is 38.7 Å². The molecule has 21 nitrogen and oxygen atoms in total. The summed E-state index contributed by atoms with van der Waals surface area (Å²) in [5.41, 5.74) is 6.49. The number of rotatable bonds is 13. The maximum Gasteiger partial charge on any atom is 0.238 e. The zero-order valence-corrected chi connectivity index (χ0v) is 45.9. The fourth-order valence-electron chi connectivity index (χ4n) is 8.37. The quantitative estimate of drug-likeness (QED) is 0.105. The first-order valence-electron chi connectivity index (χ1n) is 25.3. The molecule has 0 spiro atoms. The van der Waals surface area contributed by atoms with Gasteiger partial charge >= 0.3 is 0 Å². The number of pyridine rings is 3. The van der Waals surface area contributed by atoms with E-state index >= 15 is 0 Å². The second-order valence-electron chi connectivity index (χ2n) is 17.2. The summed E-state index contributed by atoms with van der Waals surface area (Å²) in [6.07, 6.45) is 8.55. The lowest BCUT2D eigenvalue weighted by Crippen LogP contribution is -2.37. The van der Waals surface area contributed by atoms with E-state index in [-0.39, 0.29) is 29.7 Å². The number of para-hydroxylation sites is 1. The predicted molar refractivity (Wildman–Crippen MR) is 334 cm³/mol. The lowest BCUT2D eigenvalue weighted by molar-refractivity contribution is 0.122. The molecule has 21 heteroatoms. The van der Waals surface area contributed by atoms with Crippen molar-refractivity contribution in [3.8, 4) is 86.5 Å². The first kappa shape index (κ1) is 65.5. The van der Waals surface area contributed by atoms with Gasteiger partial charge in [0.1, 0.15) is 12.1 Å². The lowest BCUT2D eigenvalue weighted by atomic mass is 10.2. The summed E-state index contributed by atoms with van der Waals surface area (Å²) in [5, 5.41) is 2.47. The van der Waals surface area contributed by atoms with E-state index in [1.54, 1.807) is 105 Å². The molecule has 0 unspecified atom stereocenters. The summed E-state index contributed by atoms with van der Waals surface area (Å²) in [6.45, 7) is 2.88. The number of aromatic nitrogens is 11. The zero-order chi connectivity index (χ0) is 56.5. The van der Waals surface area contributed by atoms with Gasteiger partial charge in [-0.1, -0.05) is 84.3 Å². The summed E-state index contributed by atoms with van der Waals surface area (Å²) < 4.78 is 49.8. The molecule has 1 saturated heterocycles. The third-order valence-electron chi connectivity index (χ3n) is 12.4. The first-order chi connectivity index (χ1) is 39.8. The highest BCUT2D eigenvalue weighted by atomic mass is 16.5. The molecule has 1 aliphatic rings. The van der Waals surface area contributed by atoms with Crippen molar-refractivity contribution in [3.63, 3.8) is 0 Å². The molecule has 444 valence electrons. The molecule has 1 fully saturated rings. The second kappa shape index (κ2) is 31.8. The van der Waals surface area contributed by atoms with Crippen LogP contribution < -0.4 is 42.8 Å². The van der Waals surface area contributed by atoms with Crippen LogP contribution in [0.4, 0.5) is 5.95 Å². The van der Waals surface area contributed by atoms with Gasteiger partial charge in [0.15, 0.2) is 28.8 Å². The van der Waals surface area contributed by atoms with E-state index in [0.717, 1.165) is 74.4 Å². The Morgan fingerprint density at radius 1 is 0.400 bits per heavy atom. The van der Waals surface area contributed by atoms with E-state index < -0.39 is 0 Å². The van der Waals surface area contributed by atoms with Gasteiger partial charge in [0.2, 0.25) is 29.5 Å². The van der Waals surface area contributed by atoms with Crippen LogP contribution in [0, 0.1) is 0 Å². The number of anilines is 1. The maximum absolute atomic E-state index is 5.43.